The van der Waals surface area contributed by atoms with E-state index in [0.29, 0.717) is 0 Å². The minimum absolute atomic E-state index is 0.0670. The molecule has 0 atom stereocenters. The summed E-state index contributed by atoms with van der Waals surface area (Å²) >= 11 is 4.96. The van der Waals surface area contributed by atoms with Crippen LogP contribution in [0.5, 0.6) is 5.75 Å². The SMILES string of the molecule is COc1ccc(Sc2ccc(Br)cc2C(=N)N)cc1. The first kappa shape index (κ1) is 14.0. The van der Waals surface area contributed by atoms with E-state index in [1.54, 1.807) is 18.9 Å². The Balaban J connectivity index is 2.29. The second kappa shape index (κ2) is 6.12. The fourth-order valence-corrected chi connectivity index (χ4v) is 2.87. The largest absolute Gasteiger partial charge is 0.497 e. The molecule has 0 unspecified atom stereocenters. The zero-order valence-corrected chi connectivity index (χ0v) is 12.7. The van der Waals surface area contributed by atoms with Gasteiger partial charge in [0.25, 0.3) is 0 Å². The number of ether oxygens (including phenoxy) is 1. The van der Waals surface area contributed by atoms with E-state index in [1.807, 2.05) is 42.5 Å². The van der Waals surface area contributed by atoms with Crippen molar-refractivity contribution in [3.8, 4) is 5.75 Å². The first-order valence-corrected chi connectivity index (χ1v) is 7.17. The van der Waals surface area contributed by atoms with E-state index in [2.05, 4.69) is 15.9 Å². The molecule has 0 radical (unpaired) electrons. The molecule has 3 N–H and O–H groups in total. The maximum absolute atomic E-state index is 7.63. The van der Waals surface area contributed by atoms with Crippen LogP contribution in [-0.4, -0.2) is 12.9 Å². The highest BCUT2D eigenvalue weighted by molar-refractivity contribution is 9.10. The van der Waals surface area contributed by atoms with Gasteiger partial charge in [0.15, 0.2) is 0 Å². The highest BCUT2D eigenvalue weighted by Gasteiger charge is 2.08. The number of nitrogen functional groups attached to an aromatic ring is 1. The summed E-state index contributed by atoms with van der Waals surface area (Å²) in [5.41, 5.74) is 6.34. The summed E-state index contributed by atoms with van der Waals surface area (Å²) in [5, 5.41) is 7.63. The topological polar surface area (TPSA) is 59.1 Å². The van der Waals surface area contributed by atoms with Gasteiger partial charge >= 0.3 is 0 Å². The zero-order chi connectivity index (χ0) is 13.8. The second-order valence-corrected chi connectivity index (χ2v) is 5.86. The zero-order valence-electron chi connectivity index (χ0n) is 10.3. The number of benzene rings is 2. The third-order valence-corrected chi connectivity index (χ3v) is 4.10. The number of halogens is 1. The second-order valence-electron chi connectivity index (χ2n) is 3.83. The average Bonchev–Trinajstić information content (AvgIpc) is 2.41. The Hall–Kier alpha value is -1.46. The normalized spacial score (nSPS) is 10.2. The Kier molecular flexibility index (Phi) is 4.50. The van der Waals surface area contributed by atoms with E-state index in [1.165, 1.54) is 0 Å². The Bertz CT molecular complexity index is 599. The van der Waals surface area contributed by atoms with Crippen molar-refractivity contribution >= 4 is 33.5 Å². The van der Waals surface area contributed by atoms with Gasteiger partial charge in [-0.25, -0.2) is 0 Å². The molecule has 0 aliphatic carbocycles. The predicted molar refractivity (Wildman–Crippen MR) is 82.3 cm³/mol. The standard InChI is InChI=1S/C14H13BrN2OS/c1-18-10-3-5-11(6-4-10)19-13-7-2-9(15)8-12(13)14(16)17/h2-8H,1H3,(H3,16,17). The maximum Gasteiger partial charge on any atom is 0.123 e. The number of hydrogen-bond acceptors (Lipinski definition) is 3. The number of nitrogens with two attached hydrogens (primary N) is 1. The summed E-state index contributed by atoms with van der Waals surface area (Å²) in [6, 6.07) is 13.5. The summed E-state index contributed by atoms with van der Waals surface area (Å²) in [6.07, 6.45) is 0. The van der Waals surface area contributed by atoms with Crippen LogP contribution in [0.25, 0.3) is 0 Å². The lowest BCUT2D eigenvalue weighted by molar-refractivity contribution is 0.414. The van der Waals surface area contributed by atoms with E-state index < -0.39 is 0 Å². The van der Waals surface area contributed by atoms with Gasteiger partial charge in [0.2, 0.25) is 0 Å². The predicted octanol–water partition coefficient (Wildman–Crippen LogP) is 3.89. The molecule has 0 aliphatic heterocycles. The van der Waals surface area contributed by atoms with Crippen LogP contribution in [0.15, 0.2) is 56.7 Å². The molecule has 0 amide bonds. The van der Waals surface area contributed by atoms with Gasteiger partial charge in [0.05, 0.1) is 7.11 Å². The molecule has 0 saturated carbocycles. The Morgan fingerprint density at radius 1 is 1.21 bits per heavy atom. The smallest absolute Gasteiger partial charge is 0.123 e. The van der Waals surface area contributed by atoms with Crippen molar-refractivity contribution in [3.63, 3.8) is 0 Å². The molecule has 0 saturated heterocycles. The summed E-state index contributed by atoms with van der Waals surface area (Å²) in [5.74, 6) is 0.893. The van der Waals surface area contributed by atoms with Crippen molar-refractivity contribution in [2.24, 2.45) is 5.73 Å². The van der Waals surface area contributed by atoms with Crippen LogP contribution in [0.3, 0.4) is 0 Å². The number of rotatable bonds is 4. The molecule has 0 aromatic heterocycles. The van der Waals surface area contributed by atoms with Crippen molar-refractivity contribution in [1.29, 1.82) is 5.41 Å². The number of hydrogen-bond donors (Lipinski definition) is 2. The lowest BCUT2D eigenvalue weighted by Gasteiger charge is -2.09. The first-order valence-electron chi connectivity index (χ1n) is 5.56. The number of methoxy groups -OCH3 is 1. The maximum atomic E-state index is 7.63. The van der Waals surface area contributed by atoms with Crippen LogP contribution in [0, 0.1) is 5.41 Å². The Morgan fingerprint density at radius 2 is 1.89 bits per heavy atom. The molecule has 2 rings (SSSR count). The van der Waals surface area contributed by atoms with Crippen LogP contribution < -0.4 is 10.5 Å². The third kappa shape index (κ3) is 3.52. The van der Waals surface area contributed by atoms with Gasteiger partial charge in [0.1, 0.15) is 11.6 Å². The molecule has 0 bridgehead atoms. The van der Waals surface area contributed by atoms with Crippen molar-refractivity contribution in [3.05, 3.63) is 52.5 Å². The summed E-state index contributed by atoms with van der Waals surface area (Å²) in [4.78, 5) is 2.03. The molecule has 0 heterocycles. The third-order valence-electron chi connectivity index (χ3n) is 2.52. The molecule has 2 aromatic carbocycles. The molecule has 2 aromatic rings. The van der Waals surface area contributed by atoms with E-state index >= 15 is 0 Å². The first-order chi connectivity index (χ1) is 9.10. The van der Waals surface area contributed by atoms with Crippen LogP contribution in [-0.2, 0) is 0 Å². The fourth-order valence-electron chi connectivity index (χ4n) is 1.57. The van der Waals surface area contributed by atoms with Crippen molar-refractivity contribution in [1.82, 2.24) is 0 Å². The molecule has 0 aliphatic rings. The van der Waals surface area contributed by atoms with Crippen molar-refractivity contribution in [2.45, 2.75) is 9.79 Å². The summed E-state index contributed by atoms with van der Waals surface area (Å²) in [7, 11) is 1.64. The molecule has 98 valence electrons. The number of amidine groups is 1. The fraction of sp³-hybridized carbons (Fsp3) is 0.0714. The Morgan fingerprint density at radius 3 is 2.47 bits per heavy atom. The van der Waals surface area contributed by atoms with Crippen LogP contribution in [0.1, 0.15) is 5.56 Å². The van der Waals surface area contributed by atoms with Crippen molar-refractivity contribution < 1.29 is 4.74 Å². The van der Waals surface area contributed by atoms with Crippen LogP contribution >= 0.6 is 27.7 Å². The number of nitrogens with one attached hydrogen (secondary N) is 1. The van der Waals surface area contributed by atoms with E-state index in [4.69, 9.17) is 15.9 Å². The molecule has 19 heavy (non-hydrogen) atoms. The molecule has 5 heteroatoms. The minimum atomic E-state index is 0.0670. The molecule has 0 fully saturated rings. The lowest BCUT2D eigenvalue weighted by atomic mass is 10.2. The average molecular weight is 337 g/mol. The van der Waals surface area contributed by atoms with Gasteiger partial charge in [-0.1, -0.05) is 27.7 Å². The van der Waals surface area contributed by atoms with Gasteiger partial charge in [-0.2, -0.15) is 0 Å². The van der Waals surface area contributed by atoms with Crippen LogP contribution in [0.4, 0.5) is 0 Å². The summed E-state index contributed by atoms with van der Waals surface area (Å²) in [6.45, 7) is 0. The van der Waals surface area contributed by atoms with Crippen molar-refractivity contribution in [2.75, 3.05) is 7.11 Å². The minimum Gasteiger partial charge on any atom is -0.497 e. The van der Waals surface area contributed by atoms with E-state index in [9.17, 15) is 0 Å². The molecular formula is C14H13BrN2OS. The monoisotopic (exact) mass is 336 g/mol. The Labute approximate surface area is 124 Å². The molecule has 3 nitrogen and oxygen atoms in total. The highest BCUT2D eigenvalue weighted by Crippen LogP contribution is 2.32. The van der Waals surface area contributed by atoms with Gasteiger partial charge in [-0.15, -0.1) is 0 Å². The molecule has 0 spiro atoms. The van der Waals surface area contributed by atoms with E-state index in [-0.39, 0.29) is 5.84 Å². The highest BCUT2D eigenvalue weighted by atomic mass is 79.9. The van der Waals surface area contributed by atoms with Gasteiger partial charge in [-0.05, 0) is 42.5 Å². The van der Waals surface area contributed by atoms with Gasteiger partial charge in [0, 0.05) is 19.8 Å². The summed E-state index contributed by atoms with van der Waals surface area (Å²) < 4.78 is 6.04. The lowest BCUT2D eigenvalue weighted by Crippen LogP contribution is -2.12. The van der Waals surface area contributed by atoms with Gasteiger partial charge in [-0.3, -0.25) is 5.41 Å². The molecular weight excluding hydrogens is 324 g/mol. The van der Waals surface area contributed by atoms with E-state index in [0.717, 1.165) is 25.6 Å². The quantitative estimate of drug-likeness (QED) is 0.657. The van der Waals surface area contributed by atoms with Crippen LogP contribution in [0.2, 0.25) is 0 Å². The van der Waals surface area contributed by atoms with Gasteiger partial charge < -0.3 is 10.5 Å².